The zero-order chi connectivity index (χ0) is 22.9. The Morgan fingerprint density at radius 1 is 1.00 bits per heavy atom. The molecule has 4 aromatic rings. The quantitative estimate of drug-likeness (QED) is 0.216. The fourth-order valence-corrected chi connectivity index (χ4v) is 4.27. The second-order valence-corrected chi connectivity index (χ2v) is 8.59. The van der Waals surface area contributed by atoms with Crippen LogP contribution in [0.5, 0.6) is 11.5 Å². The number of aromatic nitrogens is 4. The van der Waals surface area contributed by atoms with Crippen molar-refractivity contribution in [3.63, 3.8) is 0 Å². The normalized spacial score (nSPS) is 10.5. The van der Waals surface area contributed by atoms with E-state index in [4.69, 9.17) is 21.1 Å². The predicted molar refractivity (Wildman–Crippen MR) is 138 cm³/mol. The van der Waals surface area contributed by atoms with E-state index in [0.717, 1.165) is 34.3 Å². The number of nitrogens with one attached hydrogen (secondary N) is 1. The van der Waals surface area contributed by atoms with Gasteiger partial charge in [-0.1, -0.05) is 71.9 Å². The summed E-state index contributed by atoms with van der Waals surface area (Å²) < 4.78 is 13.2. The van der Waals surface area contributed by atoms with Crippen molar-refractivity contribution in [1.82, 2.24) is 25.5 Å². The minimum absolute atomic E-state index is 0. The largest absolute Gasteiger partial charge is 0.493 e. The summed E-state index contributed by atoms with van der Waals surface area (Å²) in [6, 6.07) is 23.6. The number of thioether (sulfide) groups is 1. The molecule has 0 aliphatic carbocycles. The molecule has 0 aliphatic heterocycles. The van der Waals surface area contributed by atoms with Crippen LogP contribution in [0.4, 0.5) is 0 Å². The lowest BCUT2D eigenvalue weighted by Gasteiger charge is -2.14. The van der Waals surface area contributed by atoms with E-state index in [9.17, 15) is 0 Å². The molecular formula is C24H25Cl2N5O2S. The van der Waals surface area contributed by atoms with E-state index in [0.29, 0.717) is 29.7 Å². The molecule has 0 radical (unpaired) electrons. The molecular weight excluding hydrogens is 493 g/mol. The van der Waals surface area contributed by atoms with E-state index in [1.807, 2.05) is 72.8 Å². The number of tetrazole rings is 1. The van der Waals surface area contributed by atoms with Crippen molar-refractivity contribution in [2.75, 3.05) is 19.4 Å². The van der Waals surface area contributed by atoms with Gasteiger partial charge in [-0.2, -0.15) is 4.68 Å². The number of ether oxygens (including phenoxy) is 2. The van der Waals surface area contributed by atoms with Crippen LogP contribution < -0.4 is 14.8 Å². The van der Waals surface area contributed by atoms with Crippen molar-refractivity contribution in [3.05, 3.63) is 88.9 Å². The molecule has 0 bridgehead atoms. The fourth-order valence-electron chi connectivity index (χ4n) is 3.19. The maximum atomic E-state index is 6.50. The minimum Gasteiger partial charge on any atom is -0.493 e. The third kappa shape index (κ3) is 6.87. The summed E-state index contributed by atoms with van der Waals surface area (Å²) in [7, 11) is 1.62. The number of para-hydroxylation sites is 1. The molecule has 0 spiro atoms. The first-order valence-corrected chi connectivity index (χ1v) is 11.8. The van der Waals surface area contributed by atoms with Crippen LogP contribution in [0.2, 0.25) is 5.02 Å². The van der Waals surface area contributed by atoms with E-state index >= 15 is 0 Å². The predicted octanol–water partition coefficient (Wildman–Crippen LogP) is 5.21. The highest BCUT2D eigenvalue weighted by atomic mass is 35.5. The van der Waals surface area contributed by atoms with Crippen LogP contribution in [0.3, 0.4) is 0 Å². The van der Waals surface area contributed by atoms with E-state index in [2.05, 4.69) is 20.8 Å². The maximum absolute atomic E-state index is 6.50. The Bertz CT molecular complexity index is 1160. The summed E-state index contributed by atoms with van der Waals surface area (Å²) in [5, 5.41) is 16.7. The first kappa shape index (κ1) is 25.8. The molecule has 7 nitrogen and oxygen atoms in total. The zero-order valence-electron chi connectivity index (χ0n) is 18.6. The van der Waals surface area contributed by atoms with E-state index in [1.54, 1.807) is 23.6 Å². The monoisotopic (exact) mass is 517 g/mol. The molecule has 34 heavy (non-hydrogen) atoms. The van der Waals surface area contributed by atoms with Gasteiger partial charge in [-0.05, 0) is 45.8 Å². The number of nitrogens with zero attached hydrogens (tertiary/aromatic N) is 4. The molecule has 178 valence electrons. The Hall–Kier alpha value is -2.78. The van der Waals surface area contributed by atoms with Crippen molar-refractivity contribution in [2.45, 2.75) is 18.3 Å². The SMILES string of the molecule is COc1cc(CNCCSc2nnnn2-c2ccccc2)cc(Cl)c1OCc1ccccc1.Cl. The summed E-state index contributed by atoms with van der Waals surface area (Å²) in [6.45, 7) is 1.85. The van der Waals surface area contributed by atoms with Gasteiger partial charge in [0.2, 0.25) is 5.16 Å². The minimum atomic E-state index is 0. The zero-order valence-corrected chi connectivity index (χ0v) is 20.9. The topological polar surface area (TPSA) is 74.1 Å². The van der Waals surface area contributed by atoms with E-state index in [-0.39, 0.29) is 12.4 Å². The van der Waals surface area contributed by atoms with Gasteiger partial charge in [0, 0.05) is 18.8 Å². The Labute approximate surface area is 214 Å². The van der Waals surface area contributed by atoms with Gasteiger partial charge in [0.05, 0.1) is 17.8 Å². The number of hydrogen-bond donors (Lipinski definition) is 1. The molecule has 1 aromatic heterocycles. The van der Waals surface area contributed by atoms with Gasteiger partial charge in [-0.25, -0.2) is 0 Å². The van der Waals surface area contributed by atoms with Crippen molar-refractivity contribution in [1.29, 1.82) is 0 Å². The average Bonchev–Trinajstić information content (AvgIpc) is 3.32. The van der Waals surface area contributed by atoms with Crippen molar-refractivity contribution >= 4 is 35.8 Å². The number of rotatable bonds is 11. The Kier molecular flexibility index (Phi) is 10.0. The van der Waals surface area contributed by atoms with Gasteiger partial charge in [-0.3, -0.25) is 0 Å². The molecule has 1 N–H and O–H groups in total. The molecule has 4 rings (SSSR count). The first-order chi connectivity index (χ1) is 16.2. The second-order valence-electron chi connectivity index (χ2n) is 7.12. The smallest absolute Gasteiger partial charge is 0.214 e. The molecule has 0 saturated carbocycles. The summed E-state index contributed by atoms with van der Waals surface area (Å²) in [6.07, 6.45) is 0. The molecule has 10 heteroatoms. The van der Waals surface area contributed by atoms with Crippen molar-refractivity contribution in [2.24, 2.45) is 0 Å². The molecule has 1 heterocycles. The number of hydrogen-bond acceptors (Lipinski definition) is 7. The lowest BCUT2D eigenvalue weighted by Crippen LogP contribution is -2.17. The van der Waals surface area contributed by atoms with E-state index < -0.39 is 0 Å². The summed E-state index contributed by atoms with van der Waals surface area (Å²) in [5.41, 5.74) is 3.02. The van der Waals surface area contributed by atoms with Crippen LogP contribution in [-0.2, 0) is 13.2 Å². The highest BCUT2D eigenvalue weighted by Gasteiger charge is 2.13. The van der Waals surface area contributed by atoms with Gasteiger partial charge in [0.15, 0.2) is 11.5 Å². The van der Waals surface area contributed by atoms with Crippen molar-refractivity contribution < 1.29 is 9.47 Å². The average molecular weight is 518 g/mol. The lowest BCUT2D eigenvalue weighted by atomic mass is 10.2. The van der Waals surface area contributed by atoms with Crippen molar-refractivity contribution in [3.8, 4) is 17.2 Å². The standard InChI is InChI=1S/C24H24ClN5O2S.ClH/c1-31-22-15-19(14-21(25)23(22)32-17-18-8-4-2-5-9-18)16-26-12-13-33-24-27-28-29-30(24)20-10-6-3-7-11-20;/h2-11,14-15,26H,12-13,16-17H2,1H3;1H. The van der Waals surface area contributed by atoms with Gasteiger partial charge >= 0.3 is 0 Å². The van der Waals surface area contributed by atoms with Crippen LogP contribution in [0.15, 0.2) is 78.0 Å². The number of benzene rings is 3. The first-order valence-electron chi connectivity index (χ1n) is 10.4. The van der Waals surface area contributed by atoms with E-state index in [1.165, 1.54) is 0 Å². The third-order valence-corrected chi connectivity index (χ3v) is 6.00. The van der Waals surface area contributed by atoms with Crippen LogP contribution in [-0.4, -0.2) is 39.6 Å². The summed E-state index contributed by atoms with van der Waals surface area (Å²) >= 11 is 8.10. The number of methoxy groups -OCH3 is 1. The van der Waals surface area contributed by atoms with Crippen LogP contribution in [0, 0.1) is 0 Å². The highest BCUT2D eigenvalue weighted by molar-refractivity contribution is 7.99. The highest BCUT2D eigenvalue weighted by Crippen LogP contribution is 2.37. The summed E-state index contributed by atoms with van der Waals surface area (Å²) in [5.74, 6) is 1.98. The fraction of sp³-hybridized carbons (Fsp3) is 0.208. The molecule has 0 saturated heterocycles. The third-order valence-electron chi connectivity index (χ3n) is 4.80. The molecule has 0 aliphatic rings. The van der Waals surface area contributed by atoms with Crippen LogP contribution in [0.25, 0.3) is 5.69 Å². The Morgan fingerprint density at radius 2 is 1.74 bits per heavy atom. The molecule has 0 fully saturated rings. The second kappa shape index (κ2) is 13.2. The van der Waals surface area contributed by atoms with Gasteiger partial charge in [-0.15, -0.1) is 17.5 Å². The lowest BCUT2D eigenvalue weighted by molar-refractivity contribution is 0.284. The van der Waals surface area contributed by atoms with Gasteiger partial charge < -0.3 is 14.8 Å². The molecule has 3 aromatic carbocycles. The van der Waals surface area contributed by atoms with Crippen LogP contribution in [0.1, 0.15) is 11.1 Å². The summed E-state index contributed by atoms with van der Waals surface area (Å²) in [4.78, 5) is 0. The Morgan fingerprint density at radius 3 is 2.47 bits per heavy atom. The Balaban J connectivity index is 0.00000324. The van der Waals surface area contributed by atoms with Crippen LogP contribution >= 0.6 is 35.8 Å². The molecule has 0 atom stereocenters. The number of halogens is 2. The van der Waals surface area contributed by atoms with Gasteiger partial charge in [0.1, 0.15) is 6.61 Å². The molecule has 0 unspecified atom stereocenters. The molecule has 0 amide bonds. The maximum Gasteiger partial charge on any atom is 0.214 e. The van der Waals surface area contributed by atoms with Gasteiger partial charge in [0.25, 0.3) is 0 Å².